The Kier molecular flexibility index (Phi) is 6.45. The summed E-state index contributed by atoms with van der Waals surface area (Å²) in [6, 6.07) is 16.2. The third-order valence-corrected chi connectivity index (χ3v) is 6.84. The zero-order chi connectivity index (χ0) is 25.6. The van der Waals surface area contributed by atoms with E-state index in [0.29, 0.717) is 44.3 Å². The Bertz CT molecular complexity index is 1460. The first-order valence-electron chi connectivity index (χ1n) is 11.4. The number of rotatable bonds is 4. The lowest BCUT2D eigenvalue weighted by atomic mass is 9.88. The molecule has 0 radical (unpaired) electrons. The maximum atomic E-state index is 13.0. The maximum absolute atomic E-state index is 13.0. The molecule has 9 heteroatoms. The van der Waals surface area contributed by atoms with Crippen LogP contribution >= 0.6 is 34.8 Å². The van der Waals surface area contributed by atoms with E-state index in [2.05, 4.69) is 15.5 Å². The molecule has 0 saturated carbocycles. The largest absolute Gasteiger partial charge is 0.471 e. The van der Waals surface area contributed by atoms with Crippen LogP contribution in [0.2, 0.25) is 15.1 Å². The van der Waals surface area contributed by atoms with Gasteiger partial charge in [-0.15, -0.1) is 0 Å². The second-order valence-corrected chi connectivity index (χ2v) is 10.7. The van der Waals surface area contributed by atoms with Crippen LogP contribution in [0.4, 0.5) is 0 Å². The highest BCUT2D eigenvalue weighted by Crippen LogP contribution is 2.45. The van der Waals surface area contributed by atoms with E-state index in [9.17, 15) is 4.79 Å². The van der Waals surface area contributed by atoms with Crippen LogP contribution in [0.3, 0.4) is 0 Å². The normalized spacial score (nSPS) is 16.2. The van der Waals surface area contributed by atoms with E-state index in [4.69, 9.17) is 44.5 Å². The second-order valence-electron chi connectivity index (χ2n) is 9.44. The molecule has 1 aliphatic heterocycles. The van der Waals surface area contributed by atoms with Crippen LogP contribution < -0.4 is 10.1 Å². The molecule has 5 rings (SSSR count). The molecule has 2 N–H and O–H groups in total. The number of aryl methyl sites for hydroxylation is 1. The fourth-order valence-corrected chi connectivity index (χ4v) is 5.00. The van der Waals surface area contributed by atoms with E-state index in [1.54, 1.807) is 18.2 Å². The molecule has 6 nitrogen and oxygen atoms in total. The lowest BCUT2D eigenvalue weighted by molar-refractivity contribution is 0.0571. The summed E-state index contributed by atoms with van der Waals surface area (Å²) >= 11 is 18.9. The van der Waals surface area contributed by atoms with Gasteiger partial charge >= 0.3 is 0 Å². The number of aromatic amines is 1. The number of nitrogens with zero attached hydrogens (tertiary/aromatic N) is 2. The molecular weight excluding hydrogens is 519 g/mol. The van der Waals surface area contributed by atoms with Gasteiger partial charge < -0.3 is 10.1 Å². The van der Waals surface area contributed by atoms with Crippen molar-refractivity contribution in [2.75, 3.05) is 0 Å². The van der Waals surface area contributed by atoms with Crippen molar-refractivity contribution in [2.45, 2.75) is 38.8 Å². The number of hydrogen-bond acceptors (Lipinski definition) is 4. The van der Waals surface area contributed by atoms with Crippen LogP contribution in [0.1, 0.15) is 48.1 Å². The number of nitrogens with one attached hydrogen (secondary N) is 2. The van der Waals surface area contributed by atoms with E-state index in [1.807, 2.05) is 57.2 Å². The Hall–Kier alpha value is -3.06. The summed E-state index contributed by atoms with van der Waals surface area (Å²) in [6.45, 7) is 5.79. The minimum Gasteiger partial charge on any atom is -0.471 e. The number of carbonyl (C=O) groups is 1. The zero-order valence-electron chi connectivity index (χ0n) is 19.8. The molecule has 36 heavy (non-hydrogen) atoms. The first kappa shape index (κ1) is 24.6. The minimum absolute atomic E-state index is 0.272. The summed E-state index contributed by atoms with van der Waals surface area (Å²) in [7, 11) is 0. The molecular formula is C27H23Cl3N4O2. The molecule has 184 valence electrons. The molecule has 1 atom stereocenters. The van der Waals surface area contributed by atoms with E-state index in [0.717, 1.165) is 22.4 Å². The number of H-pyrrole nitrogens is 1. The third kappa shape index (κ3) is 4.94. The SMILES string of the molecule is Cc1cc(C(=O)N[C@H]2CC(C)(C)Oc3nc(-c4ccc(Cl)cc4Cl)c(-c4ccc(Cl)cc4)cc32)n[nH]1. The maximum Gasteiger partial charge on any atom is 0.272 e. The molecule has 0 saturated heterocycles. The van der Waals surface area contributed by atoms with Crippen LogP contribution in [-0.2, 0) is 0 Å². The molecule has 1 aliphatic rings. The average molecular weight is 542 g/mol. The summed E-state index contributed by atoms with van der Waals surface area (Å²) in [6.07, 6.45) is 0.554. The number of ether oxygens (including phenoxy) is 1. The highest BCUT2D eigenvalue weighted by Gasteiger charge is 2.37. The van der Waals surface area contributed by atoms with E-state index in [-0.39, 0.29) is 11.9 Å². The summed E-state index contributed by atoms with van der Waals surface area (Å²) in [5, 5.41) is 11.7. The van der Waals surface area contributed by atoms with Crippen molar-refractivity contribution in [3.63, 3.8) is 0 Å². The van der Waals surface area contributed by atoms with Gasteiger partial charge in [0.1, 0.15) is 11.3 Å². The van der Waals surface area contributed by atoms with Crippen molar-refractivity contribution < 1.29 is 9.53 Å². The highest BCUT2D eigenvalue weighted by atomic mass is 35.5. The van der Waals surface area contributed by atoms with Crippen molar-refractivity contribution in [2.24, 2.45) is 0 Å². The smallest absolute Gasteiger partial charge is 0.272 e. The van der Waals surface area contributed by atoms with Crippen molar-refractivity contribution >= 4 is 40.7 Å². The summed E-state index contributed by atoms with van der Waals surface area (Å²) in [5.41, 5.74) is 4.42. The number of halogens is 3. The first-order valence-corrected chi connectivity index (χ1v) is 12.5. The molecule has 0 spiro atoms. The van der Waals surface area contributed by atoms with Gasteiger partial charge in [-0.3, -0.25) is 9.89 Å². The molecule has 3 heterocycles. The van der Waals surface area contributed by atoms with Crippen LogP contribution in [0.15, 0.2) is 54.6 Å². The fraction of sp³-hybridized carbons (Fsp3) is 0.222. The molecule has 4 aromatic rings. The average Bonchev–Trinajstić information content (AvgIpc) is 3.25. The van der Waals surface area contributed by atoms with Crippen molar-refractivity contribution in [3.8, 4) is 28.3 Å². The molecule has 2 aromatic carbocycles. The lowest BCUT2D eigenvalue weighted by Gasteiger charge is -2.37. The monoisotopic (exact) mass is 540 g/mol. The number of hydrogen-bond donors (Lipinski definition) is 2. The standard InChI is InChI=1S/C27H23Cl3N4O2/c1-14-10-22(34-33-14)25(35)31-23-13-27(2,3)36-26-20(23)12-19(15-4-6-16(28)7-5-15)24(32-26)18-9-8-17(29)11-21(18)30/h4-12,23H,13H2,1-3H3,(H,31,35)(H,33,34)/t23-/m0/s1. The van der Waals surface area contributed by atoms with Gasteiger partial charge in [0.25, 0.3) is 5.91 Å². The predicted molar refractivity (Wildman–Crippen MR) is 143 cm³/mol. The van der Waals surface area contributed by atoms with E-state index >= 15 is 0 Å². The second kappa shape index (κ2) is 9.43. The van der Waals surface area contributed by atoms with E-state index in [1.165, 1.54) is 0 Å². The Labute approximate surface area is 224 Å². The van der Waals surface area contributed by atoms with Crippen molar-refractivity contribution in [1.82, 2.24) is 20.5 Å². The van der Waals surface area contributed by atoms with Gasteiger partial charge in [0.05, 0.1) is 16.8 Å². The lowest BCUT2D eigenvalue weighted by Crippen LogP contribution is -2.41. The molecule has 0 unspecified atom stereocenters. The summed E-state index contributed by atoms with van der Waals surface area (Å²) < 4.78 is 6.30. The van der Waals surface area contributed by atoms with Gasteiger partial charge in [0.15, 0.2) is 0 Å². The molecule has 1 amide bonds. The van der Waals surface area contributed by atoms with Crippen molar-refractivity contribution in [1.29, 1.82) is 0 Å². The molecule has 0 aliphatic carbocycles. The Morgan fingerprint density at radius 2 is 1.75 bits per heavy atom. The zero-order valence-corrected chi connectivity index (χ0v) is 22.1. The van der Waals surface area contributed by atoms with Crippen LogP contribution in [0.25, 0.3) is 22.4 Å². The Morgan fingerprint density at radius 3 is 2.42 bits per heavy atom. The number of benzene rings is 2. The highest BCUT2D eigenvalue weighted by molar-refractivity contribution is 6.36. The van der Waals surface area contributed by atoms with Crippen molar-refractivity contribution in [3.05, 3.63) is 86.6 Å². The number of fused-ring (bicyclic) bond motifs is 1. The number of carbonyl (C=O) groups excluding carboxylic acids is 1. The van der Waals surface area contributed by atoms with Gasteiger partial charge in [-0.1, -0.05) is 46.9 Å². The molecule has 0 bridgehead atoms. The quantitative estimate of drug-likeness (QED) is 0.281. The fourth-order valence-electron chi connectivity index (χ4n) is 4.38. The van der Waals surface area contributed by atoms with Crippen LogP contribution in [-0.4, -0.2) is 26.7 Å². The van der Waals surface area contributed by atoms with E-state index < -0.39 is 5.60 Å². The Morgan fingerprint density at radius 1 is 1.03 bits per heavy atom. The van der Waals surface area contributed by atoms with Gasteiger partial charge in [0.2, 0.25) is 5.88 Å². The number of pyridine rings is 1. The number of aromatic nitrogens is 3. The van der Waals surface area contributed by atoms with Gasteiger partial charge in [-0.2, -0.15) is 5.10 Å². The third-order valence-electron chi connectivity index (χ3n) is 6.04. The van der Waals surface area contributed by atoms with Gasteiger partial charge in [-0.05, 0) is 68.8 Å². The Balaban J connectivity index is 1.67. The molecule has 0 fully saturated rings. The number of amides is 1. The summed E-state index contributed by atoms with van der Waals surface area (Å²) in [4.78, 5) is 18.0. The first-order chi connectivity index (χ1) is 17.1. The molecule has 2 aromatic heterocycles. The summed E-state index contributed by atoms with van der Waals surface area (Å²) in [5.74, 6) is 0.166. The van der Waals surface area contributed by atoms with Gasteiger partial charge in [-0.25, -0.2) is 4.98 Å². The van der Waals surface area contributed by atoms with Crippen LogP contribution in [0.5, 0.6) is 5.88 Å². The topological polar surface area (TPSA) is 79.9 Å². The van der Waals surface area contributed by atoms with Gasteiger partial charge in [0, 0.05) is 38.9 Å². The predicted octanol–water partition coefficient (Wildman–Crippen LogP) is 7.44. The minimum atomic E-state index is -0.567. The van der Waals surface area contributed by atoms with Crippen LogP contribution in [0, 0.1) is 6.92 Å².